The molecule has 0 saturated carbocycles. The number of aromatic nitrogens is 1. The van der Waals surface area contributed by atoms with Crippen molar-refractivity contribution in [3.05, 3.63) is 58.2 Å². The highest BCUT2D eigenvalue weighted by molar-refractivity contribution is 6.35. The summed E-state index contributed by atoms with van der Waals surface area (Å²) in [7, 11) is 0. The number of rotatable bonds is 4. The molecule has 24 heavy (non-hydrogen) atoms. The lowest BCUT2D eigenvalue weighted by atomic mass is 9.98. The first-order valence-electron chi connectivity index (χ1n) is 8.04. The van der Waals surface area contributed by atoms with Crippen LogP contribution in [0.5, 0.6) is 0 Å². The molecule has 3 rings (SSSR count). The molecule has 2 heterocycles. The molecule has 1 aliphatic rings. The third-order valence-corrected chi connectivity index (χ3v) is 4.81. The van der Waals surface area contributed by atoms with E-state index in [1.165, 1.54) is 0 Å². The van der Waals surface area contributed by atoms with E-state index in [0.717, 1.165) is 25.9 Å². The van der Waals surface area contributed by atoms with Crippen molar-refractivity contribution in [1.82, 2.24) is 10.3 Å². The van der Waals surface area contributed by atoms with E-state index in [1.807, 2.05) is 6.07 Å². The molecule has 1 aromatic carbocycles. The van der Waals surface area contributed by atoms with Gasteiger partial charge in [-0.3, -0.25) is 9.69 Å². The van der Waals surface area contributed by atoms with Crippen LogP contribution in [0.25, 0.3) is 0 Å². The number of piperidine rings is 1. The highest BCUT2D eigenvalue weighted by atomic mass is 35.5. The molecule has 0 bridgehead atoms. The zero-order valence-electron chi connectivity index (χ0n) is 13.2. The molecular formula is C18H19Cl2N3O. The van der Waals surface area contributed by atoms with E-state index in [9.17, 15) is 4.79 Å². The molecule has 1 saturated heterocycles. The van der Waals surface area contributed by atoms with Gasteiger partial charge >= 0.3 is 0 Å². The molecule has 1 atom stereocenters. The second kappa shape index (κ2) is 7.97. The highest BCUT2D eigenvalue weighted by Crippen LogP contribution is 2.28. The molecule has 1 N–H and O–H groups in total. The van der Waals surface area contributed by atoms with Crippen molar-refractivity contribution in [2.45, 2.75) is 12.8 Å². The van der Waals surface area contributed by atoms with Crippen LogP contribution in [0.15, 0.2) is 42.6 Å². The van der Waals surface area contributed by atoms with Gasteiger partial charge in [0.1, 0.15) is 0 Å². The Bertz CT molecular complexity index is 717. The summed E-state index contributed by atoms with van der Waals surface area (Å²) in [5.74, 6) is 0.671. The summed E-state index contributed by atoms with van der Waals surface area (Å²) in [5, 5.41) is 4.27. The summed E-state index contributed by atoms with van der Waals surface area (Å²) in [6.07, 6.45) is 3.83. The number of halogens is 2. The van der Waals surface area contributed by atoms with Crippen molar-refractivity contribution in [1.29, 1.82) is 0 Å². The van der Waals surface area contributed by atoms with E-state index in [4.69, 9.17) is 23.2 Å². The van der Waals surface area contributed by atoms with Crippen LogP contribution >= 0.6 is 23.2 Å². The van der Waals surface area contributed by atoms with Gasteiger partial charge in [0.2, 0.25) is 0 Å². The number of anilines is 1. The minimum Gasteiger partial charge on any atom is -0.316 e. The Morgan fingerprint density at radius 1 is 1.21 bits per heavy atom. The molecule has 0 radical (unpaired) electrons. The Morgan fingerprint density at radius 3 is 2.71 bits per heavy atom. The fourth-order valence-electron chi connectivity index (χ4n) is 2.96. The number of benzene rings is 1. The Morgan fingerprint density at radius 2 is 2.00 bits per heavy atom. The van der Waals surface area contributed by atoms with Gasteiger partial charge in [-0.15, -0.1) is 0 Å². The van der Waals surface area contributed by atoms with Gasteiger partial charge in [-0.2, -0.15) is 0 Å². The number of amides is 1. The first kappa shape index (κ1) is 17.2. The Balaban J connectivity index is 1.93. The molecule has 1 aromatic heterocycles. The minimum atomic E-state index is -0.174. The van der Waals surface area contributed by atoms with Gasteiger partial charge < -0.3 is 5.32 Å². The van der Waals surface area contributed by atoms with Crippen LogP contribution in [0.3, 0.4) is 0 Å². The maximum atomic E-state index is 13.1. The van der Waals surface area contributed by atoms with Crippen LogP contribution in [0.1, 0.15) is 23.2 Å². The van der Waals surface area contributed by atoms with Crippen molar-refractivity contribution in [3.8, 4) is 0 Å². The predicted molar refractivity (Wildman–Crippen MR) is 98.0 cm³/mol. The average molecular weight is 364 g/mol. The molecule has 0 unspecified atom stereocenters. The van der Waals surface area contributed by atoms with Crippen LogP contribution < -0.4 is 10.2 Å². The molecule has 0 spiro atoms. The summed E-state index contributed by atoms with van der Waals surface area (Å²) >= 11 is 12.5. The quantitative estimate of drug-likeness (QED) is 0.891. The van der Waals surface area contributed by atoms with Gasteiger partial charge in [0.15, 0.2) is 5.82 Å². The molecule has 4 nitrogen and oxygen atoms in total. The van der Waals surface area contributed by atoms with Crippen LogP contribution in [0.4, 0.5) is 5.82 Å². The van der Waals surface area contributed by atoms with Gasteiger partial charge in [-0.25, -0.2) is 4.98 Å². The van der Waals surface area contributed by atoms with Gasteiger partial charge in [-0.1, -0.05) is 35.3 Å². The van der Waals surface area contributed by atoms with Crippen molar-refractivity contribution in [2.75, 3.05) is 24.5 Å². The number of hydrogen-bond acceptors (Lipinski definition) is 3. The predicted octanol–water partition coefficient (Wildman–Crippen LogP) is 4.03. The second-order valence-corrected chi connectivity index (χ2v) is 6.73. The van der Waals surface area contributed by atoms with Crippen LogP contribution in [0, 0.1) is 5.92 Å². The van der Waals surface area contributed by atoms with E-state index >= 15 is 0 Å². The number of hydrogen-bond donors (Lipinski definition) is 1. The lowest BCUT2D eigenvalue weighted by Crippen LogP contribution is -2.41. The Hall–Kier alpha value is -1.62. The summed E-state index contributed by atoms with van der Waals surface area (Å²) < 4.78 is 0. The van der Waals surface area contributed by atoms with Gasteiger partial charge in [-0.05, 0) is 56.1 Å². The molecule has 1 amide bonds. The third kappa shape index (κ3) is 3.89. The van der Waals surface area contributed by atoms with E-state index in [1.54, 1.807) is 41.4 Å². The highest BCUT2D eigenvalue weighted by Gasteiger charge is 2.26. The van der Waals surface area contributed by atoms with Crippen molar-refractivity contribution in [2.24, 2.45) is 5.92 Å². The fraction of sp³-hybridized carbons (Fsp3) is 0.333. The van der Waals surface area contributed by atoms with Gasteiger partial charge in [0.25, 0.3) is 5.91 Å². The largest absolute Gasteiger partial charge is 0.316 e. The number of pyridine rings is 1. The second-order valence-electron chi connectivity index (χ2n) is 5.92. The number of nitrogens with zero attached hydrogens (tertiary/aromatic N) is 2. The first-order chi connectivity index (χ1) is 11.7. The summed E-state index contributed by atoms with van der Waals surface area (Å²) in [5.41, 5.74) is 0.463. The molecule has 2 aromatic rings. The summed E-state index contributed by atoms with van der Waals surface area (Å²) in [6, 6.07) is 10.6. The van der Waals surface area contributed by atoms with E-state index in [2.05, 4.69) is 10.3 Å². The van der Waals surface area contributed by atoms with Gasteiger partial charge in [0.05, 0.1) is 15.6 Å². The number of carbonyl (C=O) groups excluding carboxylic acids is 1. The molecule has 6 heteroatoms. The zero-order valence-corrected chi connectivity index (χ0v) is 14.7. The third-order valence-electron chi connectivity index (χ3n) is 4.18. The standard InChI is InChI=1S/C18H19Cl2N3O/c19-15-7-2-1-6-14(15)18(24)23(12-13-5-3-9-21-11-13)17-16(20)8-4-10-22-17/h1-2,4,6-8,10,13,21H,3,5,9,11-12H2/t13-/m1/s1. The maximum absolute atomic E-state index is 13.1. The normalized spacial score (nSPS) is 17.5. The molecule has 1 aliphatic heterocycles. The zero-order chi connectivity index (χ0) is 16.9. The monoisotopic (exact) mass is 363 g/mol. The fourth-order valence-corrected chi connectivity index (χ4v) is 3.40. The average Bonchev–Trinajstić information content (AvgIpc) is 2.61. The number of nitrogens with one attached hydrogen (secondary N) is 1. The van der Waals surface area contributed by atoms with E-state index < -0.39 is 0 Å². The summed E-state index contributed by atoms with van der Waals surface area (Å²) in [6.45, 7) is 2.48. The molecular weight excluding hydrogens is 345 g/mol. The summed E-state index contributed by atoms with van der Waals surface area (Å²) in [4.78, 5) is 19.1. The Kier molecular flexibility index (Phi) is 5.72. The molecule has 126 valence electrons. The SMILES string of the molecule is O=C(c1ccccc1Cl)N(C[C@@H]1CCCNC1)c1ncccc1Cl. The molecule has 0 aliphatic carbocycles. The van der Waals surface area contributed by atoms with E-state index in [0.29, 0.717) is 33.9 Å². The van der Waals surface area contributed by atoms with Gasteiger partial charge in [0, 0.05) is 12.7 Å². The molecule has 1 fully saturated rings. The smallest absolute Gasteiger partial charge is 0.260 e. The number of carbonyl (C=O) groups is 1. The maximum Gasteiger partial charge on any atom is 0.260 e. The van der Waals surface area contributed by atoms with Crippen molar-refractivity contribution in [3.63, 3.8) is 0 Å². The van der Waals surface area contributed by atoms with E-state index in [-0.39, 0.29) is 5.91 Å². The topological polar surface area (TPSA) is 45.2 Å². The Labute approximate surface area is 151 Å². The van der Waals surface area contributed by atoms with Crippen molar-refractivity contribution < 1.29 is 4.79 Å². The van der Waals surface area contributed by atoms with Crippen molar-refractivity contribution >= 4 is 34.9 Å². The lowest BCUT2D eigenvalue weighted by Gasteiger charge is -2.30. The minimum absolute atomic E-state index is 0.174. The van der Waals surface area contributed by atoms with Crippen LogP contribution in [-0.2, 0) is 0 Å². The van der Waals surface area contributed by atoms with Crippen LogP contribution in [-0.4, -0.2) is 30.5 Å². The first-order valence-corrected chi connectivity index (χ1v) is 8.80. The van der Waals surface area contributed by atoms with Crippen LogP contribution in [0.2, 0.25) is 10.0 Å². The lowest BCUT2D eigenvalue weighted by molar-refractivity contribution is 0.0980.